The van der Waals surface area contributed by atoms with Crippen LogP contribution in [0.2, 0.25) is 0 Å². The number of rotatable bonds is 4. The first-order chi connectivity index (χ1) is 7.08. The highest BCUT2D eigenvalue weighted by Gasteiger charge is 2.56. The Labute approximate surface area is 90.8 Å². The Kier molecular flexibility index (Phi) is 2.75. The van der Waals surface area contributed by atoms with Crippen molar-refractivity contribution in [1.29, 1.82) is 0 Å². The Morgan fingerprint density at radius 1 is 1.60 bits per heavy atom. The molecule has 15 heavy (non-hydrogen) atoms. The van der Waals surface area contributed by atoms with Gasteiger partial charge in [0.1, 0.15) is 0 Å². The van der Waals surface area contributed by atoms with E-state index in [1.807, 2.05) is 6.92 Å². The summed E-state index contributed by atoms with van der Waals surface area (Å²) in [5, 5.41) is 9.47. The maximum atomic E-state index is 11.5. The van der Waals surface area contributed by atoms with Crippen LogP contribution in [-0.2, 0) is 9.53 Å². The first-order valence-electron chi connectivity index (χ1n) is 5.84. The van der Waals surface area contributed by atoms with Crippen LogP contribution in [0.1, 0.15) is 39.0 Å². The Morgan fingerprint density at radius 3 is 2.73 bits per heavy atom. The molecule has 2 aliphatic carbocycles. The minimum Gasteiger partial charge on any atom is -0.481 e. The Hall–Kier alpha value is -0.570. The van der Waals surface area contributed by atoms with E-state index >= 15 is 0 Å². The average Bonchev–Trinajstić information content (AvgIpc) is 2.77. The lowest BCUT2D eigenvalue weighted by molar-refractivity contribution is -0.155. The van der Waals surface area contributed by atoms with Crippen molar-refractivity contribution in [2.75, 3.05) is 7.11 Å². The SMILES string of the molecule is COC(C)CC1(C(=O)O)CC2CCC1C2. The number of fused-ring (bicyclic) bond motifs is 2. The maximum absolute atomic E-state index is 11.5. The van der Waals surface area contributed by atoms with E-state index in [4.69, 9.17) is 4.74 Å². The molecule has 2 bridgehead atoms. The van der Waals surface area contributed by atoms with Gasteiger partial charge in [-0.25, -0.2) is 0 Å². The molecule has 2 fully saturated rings. The lowest BCUT2D eigenvalue weighted by atomic mass is 9.70. The van der Waals surface area contributed by atoms with E-state index in [1.54, 1.807) is 7.11 Å². The second kappa shape index (κ2) is 3.78. The van der Waals surface area contributed by atoms with Crippen molar-refractivity contribution in [3.8, 4) is 0 Å². The minimum atomic E-state index is -0.599. The molecule has 4 unspecified atom stereocenters. The second-order valence-corrected chi connectivity index (χ2v) is 5.29. The summed E-state index contributed by atoms with van der Waals surface area (Å²) in [4.78, 5) is 11.5. The van der Waals surface area contributed by atoms with Crippen LogP contribution < -0.4 is 0 Å². The van der Waals surface area contributed by atoms with Crippen molar-refractivity contribution in [2.24, 2.45) is 17.3 Å². The minimum absolute atomic E-state index is 0.0560. The van der Waals surface area contributed by atoms with Crippen LogP contribution in [-0.4, -0.2) is 24.3 Å². The number of aliphatic carboxylic acids is 1. The molecule has 1 N–H and O–H groups in total. The van der Waals surface area contributed by atoms with Gasteiger partial charge in [0.25, 0.3) is 0 Å². The lowest BCUT2D eigenvalue weighted by Crippen LogP contribution is -2.39. The first-order valence-corrected chi connectivity index (χ1v) is 5.84. The van der Waals surface area contributed by atoms with Gasteiger partial charge in [-0.1, -0.05) is 6.42 Å². The van der Waals surface area contributed by atoms with Crippen molar-refractivity contribution in [1.82, 2.24) is 0 Å². The fourth-order valence-electron chi connectivity index (χ4n) is 3.64. The van der Waals surface area contributed by atoms with Crippen LogP contribution in [0.5, 0.6) is 0 Å². The fourth-order valence-corrected chi connectivity index (χ4v) is 3.64. The molecule has 3 nitrogen and oxygen atoms in total. The van der Waals surface area contributed by atoms with Gasteiger partial charge >= 0.3 is 5.97 Å². The van der Waals surface area contributed by atoms with Gasteiger partial charge in [-0.3, -0.25) is 4.79 Å². The highest BCUT2D eigenvalue weighted by atomic mass is 16.5. The van der Waals surface area contributed by atoms with Gasteiger partial charge in [-0.05, 0) is 44.4 Å². The summed E-state index contributed by atoms with van der Waals surface area (Å²) >= 11 is 0. The van der Waals surface area contributed by atoms with E-state index in [2.05, 4.69) is 0 Å². The van der Waals surface area contributed by atoms with Crippen molar-refractivity contribution in [3.63, 3.8) is 0 Å². The number of carbonyl (C=O) groups is 1. The van der Waals surface area contributed by atoms with E-state index in [-0.39, 0.29) is 6.10 Å². The molecule has 0 aliphatic heterocycles. The molecule has 2 rings (SSSR count). The second-order valence-electron chi connectivity index (χ2n) is 5.29. The third-order valence-corrected chi connectivity index (χ3v) is 4.46. The maximum Gasteiger partial charge on any atom is 0.310 e. The highest BCUT2D eigenvalue weighted by molar-refractivity contribution is 5.76. The topological polar surface area (TPSA) is 46.5 Å². The van der Waals surface area contributed by atoms with E-state index in [0.29, 0.717) is 18.3 Å². The van der Waals surface area contributed by atoms with Gasteiger partial charge in [-0.2, -0.15) is 0 Å². The van der Waals surface area contributed by atoms with E-state index < -0.39 is 11.4 Å². The molecule has 0 radical (unpaired) electrons. The van der Waals surface area contributed by atoms with Crippen molar-refractivity contribution < 1.29 is 14.6 Å². The molecule has 2 saturated carbocycles. The molecule has 2 aliphatic rings. The predicted octanol–water partition coefficient (Wildman–Crippen LogP) is 2.30. The fraction of sp³-hybridized carbons (Fsp3) is 0.917. The Bertz CT molecular complexity index is 264. The molecular weight excluding hydrogens is 192 g/mol. The quantitative estimate of drug-likeness (QED) is 0.777. The van der Waals surface area contributed by atoms with Crippen molar-refractivity contribution >= 4 is 5.97 Å². The van der Waals surface area contributed by atoms with Crippen LogP contribution in [0.25, 0.3) is 0 Å². The molecule has 86 valence electrons. The first kappa shape index (κ1) is 10.9. The smallest absolute Gasteiger partial charge is 0.310 e. The molecule has 0 aromatic rings. The largest absolute Gasteiger partial charge is 0.481 e. The number of methoxy groups -OCH3 is 1. The summed E-state index contributed by atoms with van der Waals surface area (Å²) in [6, 6.07) is 0. The molecule has 0 spiro atoms. The third kappa shape index (κ3) is 1.67. The van der Waals surface area contributed by atoms with Gasteiger partial charge < -0.3 is 9.84 Å². The van der Waals surface area contributed by atoms with Crippen LogP contribution in [0.15, 0.2) is 0 Å². The standard InChI is InChI=1S/C12H20O3/c1-8(15-2)6-12(11(13)14)7-9-3-4-10(12)5-9/h8-10H,3-7H2,1-2H3,(H,13,14). The Morgan fingerprint density at radius 2 is 2.33 bits per heavy atom. The summed E-state index contributed by atoms with van der Waals surface area (Å²) in [7, 11) is 1.66. The number of carboxylic acid groups (broad SMARTS) is 1. The summed E-state index contributed by atoms with van der Waals surface area (Å²) in [6.07, 6.45) is 5.08. The molecule has 0 heterocycles. The van der Waals surface area contributed by atoms with Gasteiger partial charge in [0.2, 0.25) is 0 Å². The molecule has 0 amide bonds. The number of ether oxygens (including phenoxy) is 1. The zero-order chi connectivity index (χ0) is 11.1. The number of hydrogen-bond donors (Lipinski definition) is 1. The summed E-state index contributed by atoms with van der Waals surface area (Å²) < 4.78 is 5.23. The summed E-state index contributed by atoms with van der Waals surface area (Å²) in [5.74, 6) is 0.464. The third-order valence-electron chi connectivity index (χ3n) is 4.46. The number of hydrogen-bond acceptors (Lipinski definition) is 2. The normalized spacial score (nSPS) is 40.7. The van der Waals surface area contributed by atoms with E-state index in [9.17, 15) is 9.90 Å². The highest BCUT2D eigenvalue weighted by Crippen LogP contribution is 2.58. The van der Waals surface area contributed by atoms with E-state index in [0.717, 1.165) is 19.3 Å². The molecule has 0 aromatic heterocycles. The van der Waals surface area contributed by atoms with Gasteiger partial charge in [0.05, 0.1) is 11.5 Å². The lowest BCUT2D eigenvalue weighted by Gasteiger charge is -2.35. The predicted molar refractivity (Wildman–Crippen MR) is 56.6 cm³/mol. The van der Waals surface area contributed by atoms with Crippen molar-refractivity contribution in [2.45, 2.75) is 45.1 Å². The van der Waals surface area contributed by atoms with Crippen LogP contribution in [0.4, 0.5) is 0 Å². The van der Waals surface area contributed by atoms with Gasteiger partial charge in [0, 0.05) is 7.11 Å². The molecule has 3 heteroatoms. The molecule has 0 saturated heterocycles. The monoisotopic (exact) mass is 212 g/mol. The van der Waals surface area contributed by atoms with Crippen LogP contribution in [0.3, 0.4) is 0 Å². The zero-order valence-electron chi connectivity index (χ0n) is 9.53. The Balaban J connectivity index is 2.15. The zero-order valence-corrected chi connectivity index (χ0v) is 9.53. The average molecular weight is 212 g/mol. The molecule has 4 atom stereocenters. The molecule has 0 aromatic carbocycles. The van der Waals surface area contributed by atoms with Crippen LogP contribution in [0, 0.1) is 17.3 Å². The summed E-state index contributed by atoms with van der Waals surface area (Å²) in [6.45, 7) is 1.97. The number of carboxylic acids is 1. The molecular formula is C12H20O3. The van der Waals surface area contributed by atoms with Crippen molar-refractivity contribution in [3.05, 3.63) is 0 Å². The van der Waals surface area contributed by atoms with Gasteiger partial charge in [-0.15, -0.1) is 0 Å². The van der Waals surface area contributed by atoms with E-state index in [1.165, 1.54) is 6.42 Å². The van der Waals surface area contributed by atoms with Gasteiger partial charge in [0.15, 0.2) is 0 Å². The summed E-state index contributed by atoms with van der Waals surface area (Å²) in [5.41, 5.74) is -0.474. The van der Waals surface area contributed by atoms with Crippen LogP contribution >= 0.6 is 0 Å².